The van der Waals surface area contributed by atoms with Gasteiger partial charge in [-0.15, -0.1) is 0 Å². The van der Waals surface area contributed by atoms with E-state index in [1.54, 1.807) is 35.7 Å². The summed E-state index contributed by atoms with van der Waals surface area (Å²) in [4.78, 5) is 25.3. The molecule has 11 nitrogen and oxygen atoms in total. The Labute approximate surface area is 172 Å². The molecule has 0 unspecified atom stereocenters. The third-order valence-corrected chi connectivity index (χ3v) is 5.27. The first-order chi connectivity index (χ1) is 14.4. The van der Waals surface area contributed by atoms with Crippen molar-refractivity contribution in [3.05, 3.63) is 30.1 Å². The van der Waals surface area contributed by atoms with Crippen LogP contribution < -0.4 is 10.6 Å². The molecule has 0 aromatic carbocycles. The molecule has 4 rings (SSSR count). The Balaban J connectivity index is 1.75. The monoisotopic (exact) mass is 410 g/mol. The lowest BCUT2D eigenvalue weighted by atomic mass is 10.1. The number of amides is 1. The molecule has 4 atom stereocenters. The number of aromatic nitrogens is 6. The normalized spacial score (nSPS) is 23.2. The first-order valence-corrected chi connectivity index (χ1v) is 9.43. The van der Waals surface area contributed by atoms with Crippen molar-refractivity contribution in [1.29, 1.82) is 0 Å². The number of anilines is 1. The number of carbonyl (C=O) groups is 1. The minimum absolute atomic E-state index is 0.253. The number of imidazole rings is 1. The lowest BCUT2D eigenvalue weighted by Gasteiger charge is -2.18. The highest BCUT2D eigenvalue weighted by atomic mass is 16.3. The third-order valence-electron chi connectivity index (χ3n) is 5.27. The van der Waals surface area contributed by atoms with E-state index < -0.39 is 24.2 Å². The van der Waals surface area contributed by atoms with Gasteiger partial charge in [0.25, 0.3) is 0 Å². The fourth-order valence-electron chi connectivity index (χ4n) is 3.73. The molecule has 0 saturated heterocycles. The summed E-state index contributed by atoms with van der Waals surface area (Å²) in [7, 11) is 5.02. The van der Waals surface area contributed by atoms with Crippen molar-refractivity contribution in [3.8, 4) is 11.8 Å². The topological polar surface area (TPSA) is 143 Å². The zero-order chi connectivity index (χ0) is 21.4. The van der Waals surface area contributed by atoms with Gasteiger partial charge in [-0.2, -0.15) is 5.10 Å². The van der Waals surface area contributed by atoms with Crippen LogP contribution in [0.4, 0.5) is 5.82 Å². The molecule has 3 aromatic rings. The van der Waals surface area contributed by atoms with Gasteiger partial charge in [0.05, 0.1) is 36.2 Å². The van der Waals surface area contributed by atoms with Crippen molar-refractivity contribution >= 4 is 22.9 Å². The van der Waals surface area contributed by atoms with Crippen LogP contribution in [0.3, 0.4) is 0 Å². The standard InChI is InChI=1S/C19H22N8O3/c1-20-17-14-18(25-13(24-17)5-4-10-7-23-26(3)8-10)27(9-22-14)12-6-11(19(30)21-2)15(28)16(12)29/h7-9,11-12,15-16,28-29H,6H2,1-3H3,(H,21,30)(H,20,24,25)/t11-,12+,15+,16-/m0/s1. The van der Waals surface area contributed by atoms with Gasteiger partial charge in [-0.25, -0.2) is 15.0 Å². The van der Waals surface area contributed by atoms with Crippen molar-refractivity contribution in [2.24, 2.45) is 13.0 Å². The zero-order valence-electron chi connectivity index (χ0n) is 16.7. The van der Waals surface area contributed by atoms with Crippen LogP contribution >= 0.6 is 0 Å². The van der Waals surface area contributed by atoms with Gasteiger partial charge in [0.15, 0.2) is 17.0 Å². The second-order valence-corrected chi connectivity index (χ2v) is 7.13. The highest BCUT2D eigenvalue weighted by Crippen LogP contribution is 2.37. The molecule has 11 heteroatoms. The number of nitrogens with zero attached hydrogens (tertiary/aromatic N) is 6. The van der Waals surface area contributed by atoms with Gasteiger partial charge in [0.1, 0.15) is 6.10 Å². The SMILES string of the molecule is CNC(=O)[C@H]1C[C@@H](n2cnc3c(NC)nc(C#Cc4cnn(C)c4)nc32)[C@H](O)[C@@H]1O. The first kappa shape index (κ1) is 19.8. The molecule has 3 aromatic heterocycles. The number of aliphatic hydroxyl groups excluding tert-OH is 2. The Morgan fingerprint density at radius 2 is 2.03 bits per heavy atom. The second-order valence-electron chi connectivity index (χ2n) is 7.13. The maximum Gasteiger partial charge on any atom is 0.225 e. The van der Waals surface area contributed by atoms with Gasteiger partial charge in [0.2, 0.25) is 11.7 Å². The van der Waals surface area contributed by atoms with E-state index in [4.69, 9.17) is 0 Å². The average molecular weight is 410 g/mol. The van der Waals surface area contributed by atoms with E-state index in [0.29, 0.717) is 17.0 Å². The molecular weight excluding hydrogens is 388 g/mol. The minimum Gasteiger partial charge on any atom is -0.390 e. The molecule has 1 fully saturated rings. The van der Waals surface area contributed by atoms with E-state index in [1.807, 2.05) is 0 Å². The summed E-state index contributed by atoms with van der Waals surface area (Å²) >= 11 is 0. The molecular formula is C19H22N8O3. The number of carbonyl (C=O) groups excluding carboxylic acids is 1. The molecule has 1 amide bonds. The summed E-state index contributed by atoms with van der Waals surface area (Å²) in [5.74, 6) is 5.61. The Kier molecular flexibility index (Phi) is 5.11. The van der Waals surface area contributed by atoms with E-state index in [2.05, 4.69) is 42.5 Å². The number of hydrogen-bond acceptors (Lipinski definition) is 8. The maximum atomic E-state index is 12.1. The van der Waals surface area contributed by atoms with E-state index in [1.165, 1.54) is 13.4 Å². The summed E-state index contributed by atoms with van der Waals surface area (Å²) in [6, 6.07) is -0.564. The summed E-state index contributed by atoms with van der Waals surface area (Å²) < 4.78 is 3.32. The van der Waals surface area contributed by atoms with Crippen LogP contribution in [0.5, 0.6) is 0 Å². The number of nitrogens with one attached hydrogen (secondary N) is 2. The first-order valence-electron chi connectivity index (χ1n) is 9.43. The molecule has 3 heterocycles. The molecule has 0 radical (unpaired) electrons. The number of rotatable bonds is 3. The Morgan fingerprint density at radius 3 is 2.70 bits per heavy atom. The van der Waals surface area contributed by atoms with Gasteiger partial charge in [-0.05, 0) is 12.3 Å². The molecule has 1 aliphatic rings. The largest absolute Gasteiger partial charge is 0.390 e. The van der Waals surface area contributed by atoms with Crippen LogP contribution in [0, 0.1) is 17.8 Å². The minimum atomic E-state index is -1.18. The third kappa shape index (κ3) is 3.36. The van der Waals surface area contributed by atoms with Gasteiger partial charge in [-0.3, -0.25) is 9.48 Å². The van der Waals surface area contributed by atoms with Gasteiger partial charge >= 0.3 is 0 Å². The lowest BCUT2D eigenvalue weighted by Crippen LogP contribution is -2.36. The van der Waals surface area contributed by atoms with E-state index in [-0.39, 0.29) is 18.2 Å². The van der Waals surface area contributed by atoms with Crippen LogP contribution in [-0.4, -0.2) is 71.7 Å². The average Bonchev–Trinajstić information content (AvgIpc) is 3.43. The van der Waals surface area contributed by atoms with Crippen molar-refractivity contribution in [3.63, 3.8) is 0 Å². The van der Waals surface area contributed by atoms with E-state index in [0.717, 1.165) is 5.56 Å². The molecule has 0 bridgehead atoms. The molecule has 0 spiro atoms. The van der Waals surface area contributed by atoms with Crippen LogP contribution in [0.2, 0.25) is 0 Å². The highest BCUT2D eigenvalue weighted by molar-refractivity contribution is 5.84. The van der Waals surface area contributed by atoms with Gasteiger partial charge in [-0.1, -0.05) is 5.92 Å². The highest BCUT2D eigenvalue weighted by Gasteiger charge is 2.46. The lowest BCUT2D eigenvalue weighted by molar-refractivity contribution is -0.128. The fourth-order valence-corrected chi connectivity index (χ4v) is 3.73. The number of hydrogen-bond donors (Lipinski definition) is 4. The predicted octanol–water partition coefficient (Wildman–Crippen LogP) is -0.970. The molecule has 1 aliphatic carbocycles. The van der Waals surface area contributed by atoms with Crippen molar-refractivity contribution in [2.75, 3.05) is 19.4 Å². The van der Waals surface area contributed by atoms with E-state index in [9.17, 15) is 15.0 Å². The molecule has 4 N–H and O–H groups in total. The van der Waals surface area contributed by atoms with Crippen molar-refractivity contribution < 1.29 is 15.0 Å². The van der Waals surface area contributed by atoms with Crippen molar-refractivity contribution in [1.82, 2.24) is 34.6 Å². The molecule has 30 heavy (non-hydrogen) atoms. The van der Waals surface area contributed by atoms with Crippen LogP contribution in [0.25, 0.3) is 11.2 Å². The summed E-state index contributed by atoms with van der Waals surface area (Å²) in [5.41, 5.74) is 1.69. The van der Waals surface area contributed by atoms with E-state index >= 15 is 0 Å². The Morgan fingerprint density at radius 1 is 1.23 bits per heavy atom. The van der Waals surface area contributed by atoms with Gasteiger partial charge < -0.3 is 25.4 Å². The quantitative estimate of drug-likeness (QED) is 0.404. The fraction of sp³-hybridized carbons (Fsp3) is 0.421. The molecule has 0 aliphatic heterocycles. The Bertz CT molecular complexity index is 1160. The number of aliphatic hydroxyl groups is 2. The second kappa shape index (κ2) is 7.74. The summed E-state index contributed by atoms with van der Waals surface area (Å²) in [6.45, 7) is 0. The van der Waals surface area contributed by atoms with Crippen LogP contribution in [0.15, 0.2) is 18.7 Å². The van der Waals surface area contributed by atoms with Crippen LogP contribution in [-0.2, 0) is 11.8 Å². The molecule has 156 valence electrons. The number of fused-ring (bicyclic) bond motifs is 1. The maximum absolute atomic E-state index is 12.1. The smallest absolute Gasteiger partial charge is 0.225 e. The van der Waals surface area contributed by atoms with Gasteiger partial charge in [0, 0.05) is 27.3 Å². The van der Waals surface area contributed by atoms with Crippen molar-refractivity contribution in [2.45, 2.75) is 24.7 Å². The zero-order valence-corrected chi connectivity index (χ0v) is 16.7. The predicted molar refractivity (Wildman–Crippen MR) is 107 cm³/mol. The van der Waals surface area contributed by atoms with Crippen LogP contribution in [0.1, 0.15) is 23.9 Å². The molecule has 1 saturated carbocycles. The summed E-state index contributed by atoms with van der Waals surface area (Å²) in [5, 5.41) is 30.5. The summed E-state index contributed by atoms with van der Waals surface area (Å²) in [6.07, 6.45) is 2.90. The number of aryl methyl sites for hydroxylation is 1. The Hall–Kier alpha value is -3.49.